The fourth-order valence-electron chi connectivity index (χ4n) is 3.08. The van der Waals surface area contributed by atoms with Gasteiger partial charge in [0.05, 0.1) is 14.2 Å². The number of nitrogens with zero attached hydrogens (tertiary/aromatic N) is 2. The van der Waals surface area contributed by atoms with Gasteiger partial charge < -0.3 is 24.1 Å². The number of amides is 1. The van der Waals surface area contributed by atoms with Crippen molar-refractivity contribution >= 4 is 5.91 Å². The van der Waals surface area contributed by atoms with Crippen LogP contribution in [0.5, 0.6) is 17.2 Å². The van der Waals surface area contributed by atoms with Crippen molar-refractivity contribution < 1.29 is 19.0 Å². The number of hydrogen-bond acceptors (Lipinski definition) is 5. The van der Waals surface area contributed by atoms with Crippen LogP contribution in [0.15, 0.2) is 54.9 Å². The van der Waals surface area contributed by atoms with Crippen molar-refractivity contribution in [3.63, 3.8) is 0 Å². The molecule has 7 heteroatoms. The van der Waals surface area contributed by atoms with Gasteiger partial charge in [0.15, 0.2) is 6.10 Å². The molecule has 0 aliphatic rings. The molecule has 2 aromatic carbocycles. The van der Waals surface area contributed by atoms with E-state index in [-0.39, 0.29) is 5.91 Å². The average molecular weight is 409 g/mol. The van der Waals surface area contributed by atoms with Crippen LogP contribution in [-0.4, -0.2) is 35.8 Å². The Hall–Kier alpha value is -3.48. The molecule has 0 saturated carbocycles. The van der Waals surface area contributed by atoms with Gasteiger partial charge in [-0.3, -0.25) is 4.79 Å². The molecule has 3 aromatic rings. The molecule has 3 rings (SSSR count). The summed E-state index contributed by atoms with van der Waals surface area (Å²) >= 11 is 0. The van der Waals surface area contributed by atoms with Crippen molar-refractivity contribution in [2.24, 2.45) is 7.05 Å². The second-order valence-corrected chi connectivity index (χ2v) is 7.06. The van der Waals surface area contributed by atoms with Gasteiger partial charge in [-0.2, -0.15) is 0 Å². The first-order valence-corrected chi connectivity index (χ1v) is 9.65. The normalized spacial score (nSPS) is 12.7. The number of carbonyl (C=O) groups is 1. The molecular weight excluding hydrogens is 382 g/mol. The zero-order valence-corrected chi connectivity index (χ0v) is 17.9. The fourth-order valence-corrected chi connectivity index (χ4v) is 3.08. The third-order valence-electron chi connectivity index (χ3n) is 4.81. The maximum atomic E-state index is 13.0. The number of ether oxygens (including phenoxy) is 3. The summed E-state index contributed by atoms with van der Waals surface area (Å²) in [6.07, 6.45) is 2.83. The lowest BCUT2D eigenvalue weighted by atomic mass is 10.0. The van der Waals surface area contributed by atoms with E-state index in [1.165, 1.54) is 0 Å². The second-order valence-electron chi connectivity index (χ2n) is 7.06. The molecule has 0 aliphatic carbocycles. The summed E-state index contributed by atoms with van der Waals surface area (Å²) in [5, 5.41) is 3.05. The van der Waals surface area contributed by atoms with Crippen LogP contribution in [0, 0.1) is 6.92 Å². The van der Waals surface area contributed by atoms with E-state index in [2.05, 4.69) is 10.3 Å². The minimum atomic E-state index is -0.692. The largest absolute Gasteiger partial charge is 0.497 e. The highest BCUT2D eigenvalue weighted by Crippen LogP contribution is 2.29. The molecule has 1 aromatic heterocycles. The van der Waals surface area contributed by atoms with Gasteiger partial charge in [0.1, 0.15) is 29.1 Å². The van der Waals surface area contributed by atoms with Crippen LogP contribution in [-0.2, 0) is 11.8 Å². The van der Waals surface area contributed by atoms with Crippen molar-refractivity contribution in [3.05, 3.63) is 71.8 Å². The SMILES string of the molecule is COc1cc(OC)cc(C(NC(=O)C(C)Oc2ccc(C)cc2)c2nccn2C)c1. The Bertz CT molecular complexity index is 976. The Morgan fingerprint density at radius 1 is 1.03 bits per heavy atom. The van der Waals surface area contributed by atoms with E-state index >= 15 is 0 Å². The standard InChI is InChI=1S/C23H27N3O4/c1-15-6-8-18(9-7-15)30-16(2)23(27)25-21(22-24-10-11-26(22)3)17-12-19(28-4)14-20(13-17)29-5/h6-14,16,21H,1-5H3,(H,25,27). The number of aryl methyl sites for hydroxylation is 2. The van der Waals surface area contributed by atoms with Gasteiger partial charge in [0, 0.05) is 25.5 Å². The number of aromatic nitrogens is 2. The molecule has 2 atom stereocenters. The van der Waals surface area contributed by atoms with Crippen molar-refractivity contribution in [2.75, 3.05) is 14.2 Å². The lowest BCUT2D eigenvalue weighted by molar-refractivity contribution is -0.127. The van der Waals surface area contributed by atoms with Gasteiger partial charge in [0.2, 0.25) is 0 Å². The quantitative estimate of drug-likeness (QED) is 0.617. The maximum absolute atomic E-state index is 13.0. The van der Waals surface area contributed by atoms with E-state index in [1.54, 1.807) is 33.4 Å². The molecule has 1 heterocycles. The van der Waals surface area contributed by atoms with Gasteiger partial charge in [-0.25, -0.2) is 4.98 Å². The molecule has 158 valence electrons. The minimum Gasteiger partial charge on any atom is -0.497 e. The number of rotatable bonds is 8. The molecule has 1 N–H and O–H groups in total. The molecule has 0 radical (unpaired) electrons. The first-order chi connectivity index (χ1) is 14.4. The zero-order chi connectivity index (χ0) is 21.7. The van der Waals surface area contributed by atoms with E-state index < -0.39 is 12.1 Å². The Morgan fingerprint density at radius 2 is 1.67 bits per heavy atom. The van der Waals surface area contributed by atoms with Gasteiger partial charge in [-0.1, -0.05) is 17.7 Å². The topological polar surface area (TPSA) is 74.6 Å². The molecule has 2 unspecified atom stereocenters. The monoisotopic (exact) mass is 409 g/mol. The summed E-state index contributed by atoms with van der Waals surface area (Å²) in [6.45, 7) is 3.72. The summed E-state index contributed by atoms with van der Waals surface area (Å²) in [4.78, 5) is 17.4. The Balaban J connectivity index is 1.87. The Morgan fingerprint density at radius 3 is 2.20 bits per heavy atom. The summed E-state index contributed by atoms with van der Waals surface area (Å²) in [5.41, 5.74) is 1.91. The highest BCUT2D eigenvalue weighted by Gasteiger charge is 2.25. The number of hydrogen-bond donors (Lipinski definition) is 1. The van der Waals surface area contributed by atoms with Gasteiger partial charge in [0.25, 0.3) is 5.91 Å². The van der Waals surface area contributed by atoms with Crippen LogP contribution in [0.2, 0.25) is 0 Å². The number of nitrogens with one attached hydrogen (secondary N) is 1. The highest BCUT2D eigenvalue weighted by molar-refractivity contribution is 5.81. The van der Waals surface area contributed by atoms with E-state index in [1.807, 2.05) is 61.1 Å². The Kier molecular flexibility index (Phi) is 6.61. The van der Waals surface area contributed by atoms with E-state index in [9.17, 15) is 4.79 Å². The van der Waals surface area contributed by atoms with Crippen molar-refractivity contribution in [1.29, 1.82) is 0 Å². The van der Waals surface area contributed by atoms with Gasteiger partial charge in [-0.15, -0.1) is 0 Å². The molecule has 7 nitrogen and oxygen atoms in total. The third-order valence-corrected chi connectivity index (χ3v) is 4.81. The highest BCUT2D eigenvalue weighted by atomic mass is 16.5. The average Bonchev–Trinajstić information content (AvgIpc) is 3.18. The van der Waals surface area contributed by atoms with Crippen molar-refractivity contribution in [1.82, 2.24) is 14.9 Å². The van der Waals surface area contributed by atoms with Crippen LogP contribution < -0.4 is 19.5 Å². The minimum absolute atomic E-state index is 0.259. The van der Waals surface area contributed by atoms with Crippen LogP contribution in [0.4, 0.5) is 0 Å². The number of benzene rings is 2. The summed E-state index contributed by atoms with van der Waals surface area (Å²) in [6, 6.07) is 12.6. The number of methoxy groups -OCH3 is 2. The molecule has 1 amide bonds. The van der Waals surface area contributed by atoms with E-state index in [0.717, 1.165) is 11.1 Å². The van der Waals surface area contributed by atoms with E-state index in [4.69, 9.17) is 14.2 Å². The molecule has 0 fully saturated rings. The summed E-state index contributed by atoms with van der Waals surface area (Å²) in [5.74, 6) is 2.31. The first-order valence-electron chi connectivity index (χ1n) is 9.65. The second kappa shape index (κ2) is 9.35. The van der Waals surface area contributed by atoms with Crippen molar-refractivity contribution in [2.45, 2.75) is 26.0 Å². The predicted octanol–water partition coefficient (Wildman–Crippen LogP) is 3.42. The van der Waals surface area contributed by atoms with E-state index in [0.29, 0.717) is 23.1 Å². The molecule has 0 aliphatic heterocycles. The number of carbonyl (C=O) groups excluding carboxylic acids is 1. The smallest absolute Gasteiger partial charge is 0.261 e. The molecule has 0 spiro atoms. The van der Waals surface area contributed by atoms with Crippen LogP contribution in [0.1, 0.15) is 29.9 Å². The lowest BCUT2D eigenvalue weighted by Crippen LogP contribution is -2.39. The summed E-state index contributed by atoms with van der Waals surface area (Å²) < 4.78 is 18.5. The number of imidazole rings is 1. The lowest BCUT2D eigenvalue weighted by Gasteiger charge is -2.23. The third kappa shape index (κ3) is 4.92. The first kappa shape index (κ1) is 21.2. The molecule has 30 heavy (non-hydrogen) atoms. The van der Waals surface area contributed by atoms with Gasteiger partial charge in [-0.05, 0) is 43.7 Å². The molecular formula is C23H27N3O4. The molecule has 0 bridgehead atoms. The van der Waals surface area contributed by atoms with Crippen LogP contribution >= 0.6 is 0 Å². The Labute approximate surface area is 176 Å². The van der Waals surface area contributed by atoms with Gasteiger partial charge >= 0.3 is 0 Å². The summed E-state index contributed by atoms with van der Waals surface area (Å²) in [7, 11) is 5.06. The van der Waals surface area contributed by atoms with Crippen LogP contribution in [0.3, 0.4) is 0 Å². The van der Waals surface area contributed by atoms with Crippen LogP contribution in [0.25, 0.3) is 0 Å². The maximum Gasteiger partial charge on any atom is 0.261 e. The fraction of sp³-hybridized carbons (Fsp3) is 0.304. The predicted molar refractivity (Wildman–Crippen MR) is 114 cm³/mol. The zero-order valence-electron chi connectivity index (χ0n) is 17.9. The van der Waals surface area contributed by atoms with Crippen molar-refractivity contribution in [3.8, 4) is 17.2 Å². The molecule has 0 saturated heterocycles.